The maximum absolute atomic E-state index is 12.9. The van der Waals surface area contributed by atoms with Gasteiger partial charge in [0.15, 0.2) is 0 Å². The number of rotatable bonds is 5. The van der Waals surface area contributed by atoms with Crippen molar-refractivity contribution >= 4 is 41.4 Å². The van der Waals surface area contributed by atoms with Crippen molar-refractivity contribution in [3.05, 3.63) is 11.3 Å². The molecule has 3 aliphatic rings. The van der Waals surface area contributed by atoms with Gasteiger partial charge in [-0.25, -0.2) is 9.69 Å². The van der Waals surface area contributed by atoms with E-state index in [1.165, 1.54) is 14.0 Å². The van der Waals surface area contributed by atoms with Crippen molar-refractivity contribution in [1.82, 2.24) is 9.80 Å². The minimum Gasteiger partial charge on any atom is -0.477 e. The van der Waals surface area contributed by atoms with Gasteiger partial charge >= 0.3 is 11.9 Å². The zero-order valence-electron chi connectivity index (χ0n) is 14.0. The molecule has 0 aromatic rings. The van der Waals surface area contributed by atoms with Gasteiger partial charge in [-0.3, -0.25) is 24.1 Å². The molecule has 3 amide bonds. The lowest BCUT2D eigenvalue weighted by Gasteiger charge is -2.58. The van der Waals surface area contributed by atoms with E-state index in [-0.39, 0.29) is 36.5 Å². The number of amides is 3. The molecule has 10 nitrogen and oxygen atoms in total. The van der Waals surface area contributed by atoms with Crippen LogP contribution in [0.15, 0.2) is 11.3 Å². The summed E-state index contributed by atoms with van der Waals surface area (Å²) < 4.78 is 10.2. The number of carboxylic acids is 1. The number of carbonyl (C=O) groups excluding carboxylic acids is 4. The number of fused-ring (bicyclic) bond motifs is 1. The van der Waals surface area contributed by atoms with E-state index in [4.69, 9.17) is 9.47 Å². The number of carboxylic acid groups (broad SMARTS) is 1. The molecule has 0 spiro atoms. The molecular weight excluding hydrogens is 368 g/mol. The molecule has 0 aromatic heterocycles. The number of thioether (sulfide) groups is 1. The second kappa shape index (κ2) is 6.40. The molecule has 1 unspecified atom stereocenters. The summed E-state index contributed by atoms with van der Waals surface area (Å²) in [5.74, 6) is -3.67. The quantitative estimate of drug-likeness (QED) is 0.371. The standard InChI is InChI=1S/C15H16N2O8S/c1-7(18)25-5-8-6-26-14-15(24-2,17-9(19)3-4-10(17)20)13(23)16(14)11(8)12(21)22/h14H,3-6H2,1-2H3,(H,21,22)/t14-,15?/m0/s1. The Bertz CT molecular complexity index is 747. The number of hydrogen-bond donors (Lipinski definition) is 1. The van der Waals surface area contributed by atoms with E-state index < -0.39 is 40.8 Å². The second-order valence-electron chi connectivity index (χ2n) is 5.90. The number of likely N-dealkylation sites (tertiary alicyclic amines) is 1. The topological polar surface area (TPSA) is 131 Å². The lowest BCUT2D eigenvalue weighted by atomic mass is 9.96. The van der Waals surface area contributed by atoms with E-state index in [1.807, 2.05) is 0 Å². The Morgan fingerprint density at radius 1 is 1.27 bits per heavy atom. The first kappa shape index (κ1) is 18.4. The molecule has 1 N–H and O–H groups in total. The normalized spacial score (nSPS) is 28.2. The Morgan fingerprint density at radius 2 is 1.88 bits per heavy atom. The highest BCUT2D eigenvalue weighted by molar-refractivity contribution is 8.00. The average molecular weight is 384 g/mol. The van der Waals surface area contributed by atoms with E-state index in [2.05, 4.69) is 0 Å². The fourth-order valence-electron chi connectivity index (χ4n) is 3.30. The maximum Gasteiger partial charge on any atom is 0.352 e. The summed E-state index contributed by atoms with van der Waals surface area (Å²) in [4.78, 5) is 61.6. The first-order valence-corrected chi connectivity index (χ1v) is 8.75. The average Bonchev–Trinajstić information content (AvgIpc) is 2.92. The van der Waals surface area contributed by atoms with E-state index in [1.54, 1.807) is 0 Å². The van der Waals surface area contributed by atoms with Crippen LogP contribution < -0.4 is 0 Å². The van der Waals surface area contributed by atoms with Crippen LogP contribution in [0, 0.1) is 0 Å². The summed E-state index contributed by atoms with van der Waals surface area (Å²) in [6, 6.07) is 0. The van der Waals surface area contributed by atoms with E-state index in [0.29, 0.717) is 0 Å². The van der Waals surface area contributed by atoms with Gasteiger partial charge in [-0.2, -0.15) is 0 Å². The number of methoxy groups -OCH3 is 1. The van der Waals surface area contributed by atoms with Gasteiger partial charge in [0, 0.05) is 38.2 Å². The van der Waals surface area contributed by atoms with Crippen LogP contribution in [0.5, 0.6) is 0 Å². The number of nitrogens with zero attached hydrogens (tertiary/aromatic N) is 2. The molecule has 2 atom stereocenters. The molecule has 0 saturated carbocycles. The molecule has 0 aromatic carbocycles. The predicted molar refractivity (Wildman–Crippen MR) is 85.2 cm³/mol. The van der Waals surface area contributed by atoms with E-state index in [0.717, 1.165) is 21.6 Å². The summed E-state index contributed by atoms with van der Waals surface area (Å²) in [5, 5.41) is 8.66. The highest BCUT2D eigenvalue weighted by atomic mass is 32.2. The third-order valence-electron chi connectivity index (χ3n) is 4.43. The van der Waals surface area contributed by atoms with Gasteiger partial charge in [0.2, 0.25) is 11.8 Å². The second-order valence-corrected chi connectivity index (χ2v) is 6.97. The fourth-order valence-corrected chi connectivity index (χ4v) is 4.76. The highest BCUT2D eigenvalue weighted by Gasteiger charge is 2.71. The summed E-state index contributed by atoms with van der Waals surface area (Å²) in [7, 11) is 1.20. The minimum atomic E-state index is -1.84. The van der Waals surface area contributed by atoms with Crippen molar-refractivity contribution < 1.29 is 38.6 Å². The molecule has 0 aliphatic carbocycles. The van der Waals surface area contributed by atoms with Gasteiger partial charge in [-0.1, -0.05) is 0 Å². The van der Waals surface area contributed by atoms with Crippen LogP contribution in [0.2, 0.25) is 0 Å². The Kier molecular flexibility index (Phi) is 4.53. The minimum absolute atomic E-state index is 0.0199. The first-order chi connectivity index (χ1) is 12.3. The Balaban J connectivity index is 1.98. The van der Waals surface area contributed by atoms with Crippen LogP contribution in [0.4, 0.5) is 0 Å². The lowest BCUT2D eigenvalue weighted by Crippen LogP contribution is -2.81. The SMILES string of the molecule is COC1(N2C(=O)CCC2=O)C(=O)N2C(C(=O)O)=C(COC(C)=O)CS[C@H]21. The monoisotopic (exact) mass is 384 g/mol. The number of hydrogen-bond acceptors (Lipinski definition) is 8. The maximum atomic E-state index is 12.9. The molecule has 11 heteroatoms. The van der Waals surface area contributed by atoms with Gasteiger partial charge in [0.25, 0.3) is 11.6 Å². The molecule has 26 heavy (non-hydrogen) atoms. The van der Waals surface area contributed by atoms with Crippen LogP contribution >= 0.6 is 11.8 Å². The van der Waals surface area contributed by atoms with Gasteiger partial charge in [-0.05, 0) is 0 Å². The number of β-lactam (4-membered cyclic amide) rings is 1. The van der Waals surface area contributed by atoms with Crippen molar-refractivity contribution in [2.45, 2.75) is 30.9 Å². The molecule has 3 heterocycles. The molecular formula is C15H16N2O8S. The van der Waals surface area contributed by atoms with Gasteiger partial charge < -0.3 is 14.6 Å². The molecule has 140 valence electrons. The molecule has 3 rings (SSSR count). The zero-order valence-corrected chi connectivity index (χ0v) is 14.8. The number of imide groups is 1. The largest absolute Gasteiger partial charge is 0.477 e. The zero-order chi connectivity index (χ0) is 19.2. The lowest BCUT2D eigenvalue weighted by molar-refractivity contribution is -0.220. The summed E-state index contributed by atoms with van der Waals surface area (Å²) in [6.45, 7) is 0.928. The fraction of sp³-hybridized carbons (Fsp3) is 0.533. The molecule has 3 aliphatic heterocycles. The smallest absolute Gasteiger partial charge is 0.352 e. The van der Waals surface area contributed by atoms with Crippen molar-refractivity contribution in [3.63, 3.8) is 0 Å². The van der Waals surface area contributed by atoms with Crippen molar-refractivity contribution in [1.29, 1.82) is 0 Å². The van der Waals surface area contributed by atoms with Crippen LogP contribution in [-0.2, 0) is 33.4 Å². The van der Waals surface area contributed by atoms with Crippen molar-refractivity contribution in [3.8, 4) is 0 Å². The molecule has 2 saturated heterocycles. The Labute approximate surface area is 152 Å². The van der Waals surface area contributed by atoms with Crippen molar-refractivity contribution in [2.75, 3.05) is 19.5 Å². The number of carbonyl (C=O) groups is 5. The van der Waals surface area contributed by atoms with Crippen LogP contribution in [0.1, 0.15) is 19.8 Å². The van der Waals surface area contributed by atoms with Crippen molar-refractivity contribution in [2.24, 2.45) is 0 Å². The summed E-state index contributed by atoms with van der Waals surface area (Å²) >= 11 is 1.14. The summed E-state index contributed by atoms with van der Waals surface area (Å²) in [6.07, 6.45) is -0.0398. The number of esters is 1. The third kappa shape index (κ3) is 2.42. The molecule has 0 bridgehead atoms. The molecule has 2 fully saturated rings. The van der Waals surface area contributed by atoms with E-state index >= 15 is 0 Å². The van der Waals surface area contributed by atoms with Crippen LogP contribution in [-0.4, -0.2) is 75.1 Å². The molecule has 0 radical (unpaired) electrons. The first-order valence-electron chi connectivity index (χ1n) is 7.70. The predicted octanol–water partition coefficient (Wildman–Crippen LogP) is -0.705. The number of ether oxygens (including phenoxy) is 2. The van der Waals surface area contributed by atoms with E-state index in [9.17, 15) is 29.1 Å². The Hall–Kier alpha value is -2.40. The third-order valence-corrected chi connectivity index (χ3v) is 5.79. The van der Waals surface area contributed by atoms with Crippen LogP contribution in [0.25, 0.3) is 0 Å². The highest BCUT2D eigenvalue weighted by Crippen LogP contribution is 2.50. The summed E-state index contributed by atoms with van der Waals surface area (Å²) in [5.41, 5.74) is -1.90. The van der Waals surface area contributed by atoms with Gasteiger partial charge in [-0.15, -0.1) is 11.8 Å². The Morgan fingerprint density at radius 3 is 2.38 bits per heavy atom. The van der Waals surface area contributed by atoms with Gasteiger partial charge in [0.1, 0.15) is 17.7 Å². The van der Waals surface area contributed by atoms with Gasteiger partial charge in [0.05, 0.1) is 0 Å². The van der Waals surface area contributed by atoms with Crippen LogP contribution in [0.3, 0.4) is 0 Å². The number of aliphatic carboxylic acids is 1.